The lowest BCUT2D eigenvalue weighted by molar-refractivity contribution is -0.192. The molecule has 160 valence electrons. The van der Waals surface area contributed by atoms with Gasteiger partial charge in [-0.05, 0) is 40.8 Å². The van der Waals surface area contributed by atoms with Gasteiger partial charge in [0.25, 0.3) is 0 Å². The molecule has 4 nitrogen and oxygen atoms in total. The first-order chi connectivity index (χ1) is 13.1. The van der Waals surface area contributed by atoms with E-state index in [2.05, 4.69) is 0 Å². The largest absolute Gasteiger partial charge is 0.490 e. The summed E-state index contributed by atoms with van der Waals surface area (Å²) in [6.45, 7) is 5.74. The molecular weight excluding hydrogens is 397 g/mol. The van der Waals surface area contributed by atoms with Crippen molar-refractivity contribution in [2.24, 2.45) is 11.1 Å². The van der Waals surface area contributed by atoms with Gasteiger partial charge in [0.2, 0.25) is 0 Å². The normalized spacial score (nSPS) is 13.3. The third-order valence-electron chi connectivity index (χ3n) is 4.19. The van der Waals surface area contributed by atoms with Crippen LogP contribution in [-0.2, 0) is 10.4 Å². The van der Waals surface area contributed by atoms with E-state index in [0.29, 0.717) is 11.1 Å². The Kier molecular flexibility index (Phi) is 7.50. The number of carbonyl (C=O) groups is 1. The van der Waals surface area contributed by atoms with Crippen molar-refractivity contribution in [2.45, 2.75) is 38.6 Å². The number of carboxylic acids is 1. The van der Waals surface area contributed by atoms with Gasteiger partial charge in [0, 0.05) is 6.04 Å². The minimum Gasteiger partial charge on any atom is -0.475 e. The molecule has 0 aliphatic heterocycles. The zero-order chi connectivity index (χ0) is 22.6. The average Bonchev–Trinajstić information content (AvgIpc) is 2.60. The maximum absolute atomic E-state index is 13.2. The van der Waals surface area contributed by atoms with Gasteiger partial charge in [-0.15, -0.1) is 0 Å². The molecule has 29 heavy (non-hydrogen) atoms. The van der Waals surface area contributed by atoms with E-state index in [4.69, 9.17) is 15.6 Å². The van der Waals surface area contributed by atoms with E-state index in [-0.39, 0.29) is 0 Å². The van der Waals surface area contributed by atoms with Crippen molar-refractivity contribution in [3.05, 3.63) is 71.3 Å². The first-order valence-electron chi connectivity index (χ1n) is 8.40. The molecule has 0 aliphatic carbocycles. The first-order valence-corrected chi connectivity index (χ1v) is 8.40. The number of nitrogens with two attached hydrogens (primary N) is 1. The van der Waals surface area contributed by atoms with E-state index in [1.165, 1.54) is 48.5 Å². The lowest BCUT2D eigenvalue weighted by Crippen LogP contribution is -2.53. The highest BCUT2D eigenvalue weighted by Gasteiger charge is 2.44. The van der Waals surface area contributed by atoms with E-state index in [1.54, 1.807) is 0 Å². The quantitative estimate of drug-likeness (QED) is 0.651. The molecule has 0 unspecified atom stereocenters. The molecule has 9 heteroatoms. The molecule has 2 aromatic carbocycles. The molecule has 4 N–H and O–H groups in total. The lowest BCUT2D eigenvalue weighted by Gasteiger charge is -2.42. The number of halogens is 5. The van der Waals surface area contributed by atoms with Gasteiger partial charge in [-0.1, -0.05) is 45.0 Å². The average molecular weight is 419 g/mol. The van der Waals surface area contributed by atoms with E-state index in [1.807, 2.05) is 20.8 Å². The van der Waals surface area contributed by atoms with Gasteiger partial charge in [-0.3, -0.25) is 0 Å². The molecule has 2 aromatic rings. The summed E-state index contributed by atoms with van der Waals surface area (Å²) in [6, 6.07) is 10.5. The Morgan fingerprint density at radius 3 is 1.34 bits per heavy atom. The van der Waals surface area contributed by atoms with Crippen molar-refractivity contribution in [1.82, 2.24) is 0 Å². The molecule has 0 amide bonds. The second kappa shape index (κ2) is 8.87. The highest BCUT2D eigenvalue weighted by molar-refractivity contribution is 5.73. The van der Waals surface area contributed by atoms with Crippen LogP contribution in [-0.4, -0.2) is 28.4 Å². The van der Waals surface area contributed by atoms with Crippen LogP contribution in [0.2, 0.25) is 0 Å². The second-order valence-electron chi connectivity index (χ2n) is 7.43. The molecule has 0 aliphatic rings. The van der Waals surface area contributed by atoms with E-state index in [9.17, 15) is 27.1 Å². The van der Waals surface area contributed by atoms with Gasteiger partial charge >= 0.3 is 12.1 Å². The predicted octanol–water partition coefficient (Wildman–Crippen LogP) is 4.21. The number of hydrogen-bond acceptors (Lipinski definition) is 3. The number of benzene rings is 2. The van der Waals surface area contributed by atoms with Crippen LogP contribution in [0.1, 0.15) is 31.9 Å². The van der Waals surface area contributed by atoms with Crippen LogP contribution < -0.4 is 5.73 Å². The fourth-order valence-corrected chi connectivity index (χ4v) is 2.56. The molecule has 0 bridgehead atoms. The number of alkyl halides is 3. The molecule has 0 radical (unpaired) electrons. The Bertz CT molecular complexity index is 766. The summed E-state index contributed by atoms with van der Waals surface area (Å²) >= 11 is 0. The van der Waals surface area contributed by atoms with Gasteiger partial charge in [0.05, 0.1) is 0 Å². The molecule has 2 rings (SSSR count). The summed E-state index contributed by atoms with van der Waals surface area (Å²) < 4.78 is 58.1. The summed E-state index contributed by atoms with van der Waals surface area (Å²) in [6.07, 6.45) is -5.08. The van der Waals surface area contributed by atoms with Gasteiger partial charge < -0.3 is 15.9 Å². The molecule has 0 fully saturated rings. The highest BCUT2D eigenvalue weighted by atomic mass is 19.4. The standard InChI is InChI=1S/C18H21F2NO.C2HF3O2/c1-17(2,3)16(21)18(22,12-4-8-14(19)9-5-12)13-6-10-15(20)11-7-13;3-2(4,5)1(6)7/h4-11,16,22H,21H2,1-3H3;(H,6,7)/t16-;/m0./s1. The van der Waals surface area contributed by atoms with Crippen molar-refractivity contribution in [2.75, 3.05) is 0 Å². The fourth-order valence-electron chi connectivity index (χ4n) is 2.56. The Labute approximate surface area is 164 Å². The molecular formula is C20H22F5NO3. The van der Waals surface area contributed by atoms with E-state index >= 15 is 0 Å². The first kappa shape index (κ1) is 24.5. The number of aliphatic hydroxyl groups is 1. The van der Waals surface area contributed by atoms with Gasteiger partial charge in [-0.25, -0.2) is 13.6 Å². The van der Waals surface area contributed by atoms with Crippen LogP contribution >= 0.6 is 0 Å². The van der Waals surface area contributed by atoms with Gasteiger partial charge in [0.15, 0.2) is 0 Å². The molecule has 0 spiro atoms. The smallest absolute Gasteiger partial charge is 0.475 e. The molecule has 0 saturated carbocycles. The van der Waals surface area contributed by atoms with Crippen LogP contribution in [0, 0.1) is 17.0 Å². The minimum absolute atomic E-state index is 0.394. The zero-order valence-corrected chi connectivity index (χ0v) is 16.0. The predicted molar refractivity (Wildman–Crippen MR) is 96.9 cm³/mol. The van der Waals surface area contributed by atoms with Crippen LogP contribution in [0.3, 0.4) is 0 Å². The minimum atomic E-state index is -5.08. The highest BCUT2D eigenvalue weighted by Crippen LogP contribution is 2.39. The number of rotatable bonds is 3. The van der Waals surface area contributed by atoms with Crippen molar-refractivity contribution in [3.8, 4) is 0 Å². The van der Waals surface area contributed by atoms with Crippen molar-refractivity contribution < 1.29 is 37.0 Å². The van der Waals surface area contributed by atoms with Crippen molar-refractivity contribution >= 4 is 5.97 Å². The fraction of sp³-hybridized carbons (Fsp3) is 0.350. The SMILES string of the molecule is CC(C)(C)[C@H](N)C(O)(c1ccc(F)cc1)c1ccc(F)cc1.O=C(O)C(F)(F)F. The second-order valence-corrected chi connectivity index (χ2v) is 7.43. The van der Waals surface area contributed by atoms with Crippen molar-refractivity contribution in [3.63, 3.8) is 0 Å². The van der Waals surface area contributed by atoms with Crippen LogP contribution in [0.5, 0.6) is 0 Å². The molecule has 0 aromatic heterocycles. The molecule has 0 heterocycles. The summed E-state index contributed by atoms with van der Waals surface area (Å²) in [5.41, 5.74) is 5.32. The topological polar surface area (TPSA) is 83.5 Å². The summed E-state index contributed by atoms with van der Waals surface area (Å²) in [4.78, 5) is 8.90. The summed E-state index contributed by atoms with van der Waals surface area (Å²) in [7, 11) is 0. The van der Waals surface area contributed by atoms with E-state index < -0.39 is 40.8 Å². The lowest BCUT2D eigenvalue weighted by atomic mass is 9.70. The Morgan fingerprint density at radius 2 is 1.14 bits per heavy atom. The van der Waals surface area contributed by atoms with Gasteiger partial charge in [-0.2, -0.15) is 13.2 Å². The summed E-state index contributed by atoms with van der Waals surface area (Å²) in [5, 5.41) is 18.5. The maximum atomic E-state index is 13.2. The third kappa shape index (κ3) is 6.23. The molecule has 1 atom stereocenters. The summed E-state index contributed by atoms with van der Waals surface area (Å²) in [5.74, 6) is -3.54. The van der Waals surface area contributed by atoms with Crippen LogP contribution in [0.15, 0.2) is 48.5 Å². The number of aliphatic carboxylic acids is 1. The Hall–Kier alpha value is -2.52. The van der Waals surface area contributed by atoms with Crippen molar-refractivity contribution in [1.29, 1.82) is 0 Å². The maximum Gasteiger partial charge on any atom is 0.490 e. The van der Waals surface area contributed by atoms with Gasteiger partial charge in [0.1, 0.15) is 17.2 Å². The Balaban J connectivity index is 0.000000516. The van der Waals surface area contributed by atoms with Crippen LogP contribution in [0.25, 0.3) is 0 Å². The third-order valence-corrected chi connectivity index (χ3v) is 4.19. The molecule has 0 saturated heterocycles. The van der Waals surface area contributed by atoms with E-state index in [0.717, 1.165) is 0 Å². The Morgan fingerprint density at radius 1 is 0.862 bits per heavy atom. The van der Waals surface area contributed by atoms with Crippen LogP contribution in [0.4, 0.5) is 22.0 Å². The monoisotopic (exact) mass is 419 g/mol. The number of carboxylic acid groups (broad SMARTS) is 1. The zero-order valence-electron chi connectivity index (χ0n) is 16.0. The number of hydrogen-bond donors (Lipinski definition) is 3.